The fourth-order valence-electron chi connectivity index (χ4n) is 1.95. The van der Waals surface area contributed by atoms with Gasteiger partial charge in [-0.2, -0.15) is 4.98 Å². The van der Waals surface area contributed by atoms with E-state index in [1.165, 1.54) is 4.90 Å². The van der Waals surface area contributed by atoms with Gasteiger partial charge in [-0.3, -0.25) is 4.79 Å². The van der Waals surface area contributed by atoms with E-state index in [0.29, 0.717) is 17.5 Å². The Morgan fingerprint density at radius 3 is 2.44 bits per heavy atom. The third kappa shape index (κ3) is 5.20. The van der Waals surface area contributed by atoms with Crippen LogP contribution in [0.25, 0.3) is 0 Å². The molecule has 2 rings (SSSR count). The lowest BCUT2D eigenvalue weighted by atomic mass is 9.96. The molecule has 0 spiro atoms. The highest BCUT2D eigenvalue weighted by molar-refractivity contribution is 5.77. The van der Waals surface area contributed by atoms with E-state index in [1.807, 2.05) is 52.0 Å². The Labute approximate surface area is 148 Å². The molecule has 1 atom stereocenters. The van der Waals surface area contributed by atoms with Gasteiger partial charge in [-0.15, -0.1) is 0 Å². The molecule has 1 aromatic carbocycles. The molecule has 0 saturated heterocycles. The molecule has 2 aromatic rings. The van der Waals surface area contributed by atoms with Gasteiger partial charge < -0.3 is 19.5 Å². The first-order valence-corrected chi connectivity index (χ1v) is 8.20. The van der Waals surface area contributed by atoms with Crippen molar-refractivity contribution in [1.29, 1.82) is 0 Å². The van der Waals surface area contributed by atoms with Crippen LogP contribution in [0.3, 0.4) is 0 Å². The van der Waals surface area contributed by atoms with Crippen LogP contribution in [0.1, 0.15) is 45.5 Å². The second-order valence-corrected chi connectivity index (χ2v) is 7.17. The number of nitrogens with zero attached hydrogens (tertiary/aromatic N) is 3. The molecule has 0 aliphatic heterocycles. The van der Waals surface area contributed by atoms with Gasteiger partial charge in [0.25, 0.3) is 5.91 Å². The number of anilines is 1. The molecule has 25 heavy (non-hydrogen) atoms. The van der Waals surface area contributed by atoms with E-state index in [2.05, 4.69) is 15.5 Å². The summed E-state index contributed by atoms with van der Waals surface area (Å²) in [6, 6.07) is 7.27. The smallest absolute Gasteiger partial charge is 0.259 e. The molecular weight excluding hydrogens is 320 g/mol. The predicted octanol–water partition coefficient (Wildman–Crippen LogP) is 3.01. The SMILES string of the molecule is C[C@H](Nc1ccc(OCC(=O)N(C)C)cc1)c1nc(C(C)(C)C)no1. The molecule has 0 aliphatic carbocycles. The van der Waals surface area contributed by atoms with Crippen molar-refractivity contribution in [1.82, 2.24) is 15.0 Å². The molecule has 7 heteroatoms. The Morgan fingerprint density at radius 1 is 1.28 bits per heavy atom. The van der Waals surface area contributed by atoms with E-state index in [4.69, 9.17) is 9.26 Å². The summed E-state index contributed by atoms with van der Waals surface area (Å²) in [4.78, 5) is 17.5. The van der Waals surface area contributed by atoms with Crippen LogP contribution in [0, 0.1) is 0 Å². The normalized spacial score (nSPS) is 12.6. The average Bonchev–Trinajstić information content (AvgIpc) is 3.04. The molecule has 0 aliphatic rings. The number of amides is 1. The zero-order chi connectivity index (χ0) is 18.6. The first-order chi connectivity index (χ1) is 11.7. The van der Waals surface area contributed by atoms with E-state index in [-0.39, 0.29) is 24.0 Å². The highest BCUT2D eigenvalue weighted by Crippen LogP contribution is 2.24. The van der Waals surface area contributed by atoms with Gasteiger partial charge in [0.05, 0.1) is 0 Å². The Hall–Kier alpha value is -2.57. The van der Waals surface area contributed by atoms with Gasteiger partial charge in [0, 0.05) is 25.2 Å². The third-order valence-electron chi connectivity index (χ3n) is 3.58. The minimum Gasteiger partial charge on any atom is -0.484 e. The molecule has 0 radical (unpaired) electrons. The van der Waals surface area contributed by atoms with Gasteiger partial charge >= 0.3 is 0 Å². The van der Waals surface area contributed by atoms with E-state index in [1.54, 1.807) is 14.1 Å². The molecular formula is C18H26N4O3. The van der Waals surface area contributed by atoms with Gasteiger partial charge in [-0.05, 0) is 31.2 Å². The minimum atomic E-state index is -0.148. The van der Waals surface area contributed by atoms with Gasteiger partial charge in [0.1, 0.15) is 11.8 Å². The average molecular weight is 346 g/mol. The van der Waals surface area contributed by atoms with Gasteiger partial charge in [0.15, 0.2) is 12.4 Å². The molecule has 7 nitrogen and oxygen atoms in total. The Morgan fingerprint density at radius 2 is 1.92 bits per heavy atom. The van der Waals surface area contributed by atoms with Crippen LogP contribution in [-0.2, 0) is 10.2 Å². The van der Waals surface area contributed by atoms with Gasteiger partial charge in [-0.25, -0.2) is 0 Å². The van der Waals surface area contributed by atoms with Crippen molar-refractivity contribution in [2.75, 3.05) is 26.0 Å². The van der Waals surface area contributed by atoms with E-state index < -0.39 is 0 Å². The molecule has 136 valence electrons. The van der Waals surface area contributed by atoms with Crippen LogP contribution in [0.15, 0.2) is 28.8 Å². The molecule has 0 unspecified atom stereocenters. The molecule has 0 bridgehead atoms. The number of rotatable bonds is 6. The summed E-state index contributed by atoms with van der Waals surface area (Å²) >= 11 is 0. The van der Waals surface area contributed by atoms with E-state index in [9.17, 15) is 4.79 Å². The number of nitrogens with one attached hydrogen (secondary N) is 1. The number of ether oxygens (including phenoxy) is 1. The molecule has 1 N–H and O–H groups in total. The fourth-order valence-corrected chi connectivity index (χ4v) is 1.95. The van der Waals surface area contributed by atoms with Crippen LogP contribution in [0.2, 0.25) is 0 Å². The number of benzene rings is 1. The van der Waals surface area contributed by atoms with Crippen molar-refractivity contribution >= 4 is 11.6 Å². The first kappa shape index (κ1) is 18.8. The molecule has 0 saturated carbocycles. The van der Waals surface area contributed by atoms with Crippen LogP contribution in [0.5, 0.6) is 5.75 Å². The van der Waals surface area contributed by atoms with Crippen molar-refractivity contribution in [2.24, 2.45) is 0 Å². The number of hydrogen-bond acceptors (Lipinski definition) is 6. The standard InChI is InChI=1S/C18H26N4O3/c1-12(16-20-17(21-25-16)18(2,3)4)19-13-7-9-14(10-8-13)24-11-15(23)22(5)6/h7-10,12,19H,11H2,1-6H3/t12-/m0/s1. The fraction of sp³-hybridized carbons (Fsp3) is 0.500. The molecule has 1 amide bonds. The van der Waals surface area contributed by atoms with Gasteiger partial charge in [-0.1, -0.05) is 25.9 Å². The summed E-state index contributed by atoms with van der Waals surface area (Å²) in [6.45, 7) is 8.10. The van der Waals surface area contributed by atoms with Crippen molar-refractivity contribution in [3.8, 4) is 5.75 Å². The van der Waals surface area contributed by atoms with E-state index in [0.717, 1.165) is 5.69 Å². The monoisotopic (exact) mass is 346 g/mol. The molecule has 0 fully saturated rings. The van der Waals surface area contributed by atoms with Crippen LogP contribution < -0.4 is 10.1 Å². The number of likely N-dealkylation sites (N-methyl/N-ethyl adjacent to an activating group) is 1. The number of carbonyl (C=O) groups is 1. The van der Waals surface area contributed by atoms with Crippen molar-refractivity contribution in [3.05, 3.63) is 36.0 Å². The maximum Gasteiger partial charge on any atom is 0.259 e. The van der Waals surface area contributed by atoms with Crippen molar-refractivity contribution in [3.63, 3.8) is 0 Å². The summed E-state index contributed by atoms with van der Waals surface area (Å²) in [5, 5.41) is 7.34. The Bertz CT molecular complexity index is 702. The van der Waals surface area contributed by atoms with Gasteiger partial charge in [0.2, 0.25) is 5.89 Å². The zero-order valence-electron chi connectivity index (χ0n) is 15.7. The molecule has 1 aromatic heterocycles. The third-order valence-corrected chi connectivity index (χ3v) is 3.58. The Balaban J connectivity index is 1.94. The summed E-state index contributed by atoms with van der Waals surface area (Å²) in [5.41, 5.74) is 0.749. The second-order valence-electron chi connectivity index (χ2n) is 7.17. The van der Waals surface area contributed by atoms with Crippen molar-refractivity contribution < 1.29 is 14.1 Å². The molecule has 1 heterocycles. The quantitative estimate of drug-likeness (QED) is 0.866. The highest BCUT2D eigenvalue weighted by Gasteiger charge is 2.23. The number of aromatic nitrogens is 2. The lowest BCUT2D eigenvalue weighted by molar-refractivity contribution is -0.130. The minimum absolute atomic E-state index is 0.0216. The number of hydrogen-bond donors (Lipinski definition) is 1. The summed E-state index contributed by atoms with van der Waals surface area (Å²) in [6.07, 6.45) is 0. The second kappa shape index (κ2) is 7.55. The van der Waals surface area contributed by atoms with Crippen molar-refractivity contribution in [2.45, 2.75) is 39.2 Å². The first-order valence-electron chi connectivity index (χ1n) is 8.20. The van der Waals surface area contributed by atoms with Crippen LogP contribution >= 0.6 is 0 Å². The van der Waals surface area contributed by atoms with E-state index >= 15 is 0 Å². The summed E-state index contributed by atoms with van der Waals surface area (Å²) < 4.78 is 10.8. The maximum absolute atomic E-state index is 11.5. The largest absolute Gasteiger partial charge is 0.484 e. The topological polar surface area (TPSA) is 80.5 Å². The lowest BCUT2D eigenvalue weighted by Crippen LogP contribution is -2.27. The van der Waals surface area contributed by atoms with Crippen LogP contribution in [-0.4, -0.2) is 41.6 Å². The summed E-state index contributed by atoms with van der Waals surface area (Å²) in [5.74, 6) is 1.79. The number of carbonyl (C=O) groups excluding carboxylic acids is 1. The summed E-state index contributed by atoms with van der Waals surface area (Å²) in [7, 11) is 3.39. The Kier molecular flexibility index (Phi) is 5.66. The highest BCUT2D eigenvalue weighted by atomic mass is 16.5. The van der Waals surface area contributed by atoms with Crippen LogP contribution in [0.4, 0.5) is 5.69 Å². The predicted molar refractivity (Wildman–Crippen MR) is 95.7 cm³/mol. The lowest BCUT2D eigenvalue weighted by Gasteiger charge is -2.14. The zero-order valence-corrected chi connectivity index (χ0v) is 15.7. The maximum atomic E-state index is 11.5.